The summed E-state index contributed by atoms with van der Waals surface area (Å²) in [6, 6.07) is 5.05. The minimum atomic E-state index is -1.10. The Morgan fingerprint density at radius 3 is 3.06 bits per heavy atom. The van der Waals surface area contributed by atoms with Crippen LogP contribution in [0.25, 0.3) is 0 Å². The van der Waals surface area contributed by atoms with Crippen LogP contribution < -0.4 is 4.74 Å². The largest absolute Gasteiger partial charge is 0.487 e. The number of carbonyl (C=O) groups is 1. The molecule has 1 N–H and O–H groups in total. The Morgan fingerprint density at radius 2 is 2.38 bits per heavy atom. The third-order valence-corrected chi connectivity index (χ3v) is 1.97. The zero-order valence-electron chi connectivity index (χ0n) is 8.29. The molecule has 0 atom stereocenters. The van der Waals surface area contributed by atoms with Gasteiger partial charge in [0.05, 0.1) is 12.5 Å². The monoisotopic (exact) mass is 219 g/mol. The van der Waals surface area contributed by atoms with Gasteiger partial charge in [-0.05, 0) is 18.2 Å². The van der Waals surface area contributed by atoms with Crippen molar-refractivity contribution in [2.24, 2.45) is 0 Å². The van der Waals surface area contributed by atoms with Crippen molar-refractivity contribution in [3.63, 3.8) is 0 Å². The van der Waals surface area contributed by atoms with Crippen LogP contribution in [0.1, 0.15) is 16.1 Å². The first-order valence-electron chi connectivity index (χ1n) is 4.60. The van der Waals surface area contributed by atoms with Crippen LogP contribution in [-0.4, -0.2) is 16.1 Å². The van der Waals surface area contributed by atoms with E-state index in [0.29, 0.717) is 11.3 Å². The van der Waals surface area contributed by atoms with Crippen LogP contribution in [0.15, 0.2) is 41.3 Å². The number of ether oxygens (including phenoxy) is 1. The van der Waals surface area contributed by atoms with E-state index in [0.717, 1.165) is 0 Å². The molecule has 2 aromatic heterocycles. The van der Waals surface area contributed by atoms with Crippen LogP contribution in [0.5, 0.6) is 5.75 Å². The summed E-state index contributed by atoms with van der Waals surface area (Å²) in [5.74, 6) is -0.612. The van der Waals surface area contributed by atoms with Gasteiger partial charge < -0.3 is 14.3 Å². The van der Waals surface area contributed by atoms with E-state index in [-0.39, 0.29) is 12.4 Å². The molecule has 0 saturated heterocycles. The molecule has 0 aliphatic carbocycles. The molecular formula is C11H9NO4. The van der Waals surface area contributed by atoms with Crippen LogP contribution in [0.4, 0.5) is 0 Å². The second-order valence-electron chi connectivity index (χ2n) is 3.06. The van der Waals surface area contributed by atoms with E-state index in [1.807, 2.05) is 0 Å². The van der Waals surface area contributed by atoms with Crippen molar-refractivity contribution in [1.29, 1.82) is 0 Å². The molecule has 2 aromatic rings. The molecule has 16 heavy (non-hydrogen) atoms. The summed E-state index contributed by atoms with van der Waals surface area (Å²) in [5, 5.41) is 8.79. The van der Waals surface area contributed by atoms with Crippen molar-refractivity contribution in [1.82, 2.24) is 4.98 Å². The fraction of sp³-hybridized carbons (Fsp3) is 0.0909. The summed E-state index contributed by atoms with van der Waals surface area (Å²) in [7, 11) is 0. The molecule has 0 saturated carbocycles. The van der Waals surface area contributed by atoms with Gasteiger partial charge in [0.1, 0.15) is 12.4 Å². The predicted octanol–water partition coefficient (Wildman–Crippen LogP) is 1.95. The fourth-order valence-corrected chi connectivity index (χ4v) is 1.23. The average Bonchev–Trinajstić information content (AvgIpc) is 2.76. The topological polar surface area (TPSA) is 72.6 Å². The summed E-state index contributed by atoms with van der Waals surface area (Å²) in [6.45, 7) is 0.143. The summed E-state index contributed by atoms with van der Waals surface area (Å²) >= 11 is 0. The first kappa shape index (κ1) is 10.2. The van der Waals surface area contributed by atoms with E-state index in [2.05, 4.69) is 4.98 Å². The van der Waals surface area contributed by atoms with Gasteiger partial charge in [-0.15, -0.1) is 0 Å². The Hall–Kier alpha value is -2.30. The smallest absolute Gasteiger partial charge is 0.372 e. The first-order chi connectivity index (χ1) is 7.77. The summed E-state index contributed by atoms with van der Waals surface area (Å²) in [4.78, 5) is 14.6. The van der Waals surface area contributed by atoms with Gasteiger partial charge in [0.25, 0.3) is 0 Å². The number of pyridine rings is 1. The molecule has 2 heterocycles. The molecule has 0 amide bonds. The van der Waals surface area contributed by atoms with E-state index >= 15 is 0 Å². The predicted molar refractivity (Wildman–Crippen MR) is 54.2 cm³/mol. The second kappa shape index (κ2) is 4.48. The molecule has 0 aliphatic heterocycles. The van der Waals surface area contributed by atoms with Gasteiger partial charge in [0.2, 0.25) is 5.76 Å². The van der Waals surface area contributed by atoms with Gasteiger partial charge in [-0.2, -0.15) is 0 Å². The highest BCUT2D eigenvalue weighted by Crippen LogP contribution is 2.14. The molecule has 0 bridgehead atoms. The van der Waals surface area contributed by atoms with Gasteiger partial charge in [0.15, 0.2) is 0 Å². The second-order valence-corrected chi connectivity index (χ2v) is 3.06. The number of carboxylic acid groups (broad SMARTS) is 1. The van der Waals surface area contributed by atoms with Crippen molar-refractivity contribution in [3.05, 3.63) is 48.2 Å². The maximum absolute atomic E-state index is 10.7. The standard InChI is InChI=1S/C11H9NO4/c13-11(14)10-8(3-5-15-10)7-16-9-2-1-4-12-6-9/h1-6H,7H2,(H,13,14). The number of aromatic carboxylic acids is 1. The number of hydrogen-bond donors (Lipinski definition) is 1. The molecule has 5 nitrogen and oxygen atoms in total. The lowest BCUT2D eigenvalue weighted by Crippen LogP contribution is -2.02. The number of carboxylic acids is 1. The van der Waals surface area contributed by atoms with Crippen LogP contribution >= 0.6 is 0 Å². The number of hydrogen-bond acceptors (Lipinski definition) is 4. The molecule has 0 fully saturated rings. The number of nitrogens with zero attached hydrogens (tertiary/aromatic N) is 1. The maximum atomic E-state index is 10.7. The molecule has 0 radical (unpaired) electrons. The van der Waals surface area contributed by atoms with E-state index in [1.54, 1.807) is 30.6 Å². The lowest BCUT2D eigenvalue weighted by Gasteiger charge is -2.03. The molecule has 2 rings (SSSR count). The van der Waals surface area contributed by atoms with Gasteiger partial charge in [-0.3, -0.25) is 4.98 Å². The van der Waals surface area contributed by atoms with Crippen molar-refractivity contribution < 1.29 is 19.1 Å². The number of aromatic nitrogens is 1. The van der Waals surface area contributed by atoms with E-state index in [9.17, 15) is 4.79 Å². The summed E-state index contributed by atoms with van der Waals surface area (Å²) in [6.07, 6.45) is 4.51. The van der Waals surface area contributed by atoms with Crippen LogP contribution in [-0.2, 0) is 6.61 Å². The van der Waals surface area contributed by atoms with Crippen LogP contribution in [0.3, 0.4) is 0 Å². The third-order valence-electron chi connectivity index (χ3n) is 1.97. The van der Waals surface area contributed by atoms with E-state index in [1.165, 1.54) is 6.26 Å². The number of furan rings is 1. The van der Waals surface area contributed by atoms with Crippen LogP contribution in [0, 0.1) is 0 Å². The summed E-state index contributed by atoms with van der Waals surface area (Å²) in [5.41, 5.74) is 0.497. The molecule has 0 unspecified atom stereocenters. The Kier molecular flexibility index (Phi) is 2.86. The molecule has 0 spiro atoms. The van der Waals surface area contributed by atoms with Crippen molar-refractivity contribution >= 4 is 5.97 Å². The summed E-state index contributed by atoms with van der Waals surface area (Å²) < 4.78 is 10.2. The Bertz CT molecular complexity index is 478. The zero-order valence-corrected chi connectivity index (χ0v) is 8.29. The highest BCUT2D eigenvalue weighted by Gasteiger charge is 2.13. The van der Waals surface area contributed by atoms with Crippen molar-refractivity contribution in [2.75, 3.05) is 0 Å². The lowest BCUT2D eigenvalue weighted by molar-refractivity contribution is 0.0658. The quantitative estimate of drug-likeness (QED) is 0.850. The molecule has 0 aromatic carbocycles. The lowest BCUT2D eigenvalue weighted by atomic mass is 10.2. The number of rotatable bonds is 4. The van der Waals surface area contributed by atoms with Gasteiger partial charge >= 0.3 is 5.97 Å². The SMILES string of the molecule is O=C(O)c1occc1COc1cccnc1. The minimum Gasteiger partial charge on any atom is -0.487 e. The molecule has 82 valence electrons. The highest BCUT2D eigenvalue weighted by atomic mass is 16.5. The average molecular weight is 219 g/mol. The van der Waals surface area contributed by atoms with Crippen molar-refractivity contribution in [2.45, 2.75) is 6.61 Å². The van der Waals surface area contributed by atoms with E-state index in [4.69, 9.17) is 14.3 Å². The van der Waals surface area contributed by atoms with Crippen molar-refractivity contribution in [3.8, 4) is 5.75 Å². The zero-order chi connectivity index (χ0) is 11.4. The Balaban J connectivity index is 2.05. The molecule has 5 heteroatoms. The normalized spacial score (nSPS) is 10.0. The van der Waals surface area contributed by atoms with Gasteiger partial charge in [-0.1, -0.05) is 0 Å². The minimum absolute atomic E-state index is 0.0936. The first-order valence-corrected chi connectivity index (χ1v) is 4.60. The highest BCUT2D eigenvalue weighted by molar-refractivity contribution is 5.85. The van der Waals surface area contributed by atoms with E-state index < -0.39 is 5.97 Å². The third kappa shape index (κ3) is 2.20. The molecular weight excluding hydrogens is 210 g/mol. The molecule has 0 aliphatic rings. The fourth-order valence-electron chi connectivity index (χ4n) is 1.23. The van der Waals surface area contributed by atoms with Gasteiger partial charge in [0, 0.05) is 11.8 Å². The Morgan fingerprint density at radius 1 is 1.50 bits per heavy atom. The Labute approximate surface area is 91.3 Å². The van der Waals surface area contributed by atoms with Crippen LogP contribution in [0.2, 0.25) is 0 Å². The van der Waals surface area contributed by atoms with Gasteiger partial charge in [-0.25, -0.2) is 4.79 Å². The maximum Gasteiger partial charge on any atom is 0.372 e.